The molecule has 0 aliphatic rings. The van der Waals surface area contributed by atoms with Crippen molar-refractivity contribution >= 4 is 39.2 Å². The molecule has 0 radical (unpaired) electrons. The zero-order chi connectivity index (χ0) is 15.5. The summed E-state index contributed by atoms with van der Waals surface area (Å²) in [4.78, 5) is 16.5. The molecular formula is C15H14BrClN2O2. The molecule has 4 nitrogen and oxygen atoms in total. The van der Waals surface area contributed by atoms with E-state index in [1.165, 1.54) is 7.11 Å². The van der Waals surface area contributed by atoms with Crippen molar-refractivity contribution in [2.24, 2.45) is 0 Å². The first kappa shape index (κ1) is 15.8. The number of nitrogens with one attached hydrogen (secondary N) is 1. The molecule has 0 saturated carbocycles. The van der Waals surface area contributed by atoms with Gasteiger partial charge in [-0.1, -0.05) is 17.7 Å². The van der Waals surface area contributed by atoms with E-state index in [1.54, 1.807) is 43.5 Å². The molecule has 0 spiro atoms. The summed E-state index contributed by atoms with van der Waals surface area (Å²) in [6.07, 6.45) is 1.63. The monoisotopic (exact) mass is 368 g/mol. The van der Waals surface area contributed by atoms with Crippen molar-refractivity contribution in [3.8, 4) is 0 Å². The first-order chi connectivity index (χ1) is 9.97. The maximum absolute atomic E-state index is 12.2. The number of ether oxygens (including phenoxy) is 1. The minimum Gasteiger partial charge on any atom is -0.467 e. The Labute approximate surface area is 136 Å². The Morgan fingerprint density at radius 2 is 2.14 bits per heavy atom. The predicted molar refractivity (Wildman–Crippen MR) is 86.4 cm³/mol. The predicted octanol–water partition coefficient (Wildman–Crippen LogP) is 4.00. The summed E-state index contributed by atoms with van der Waals surface area (Å²) in [7, 11) is 1.35. The molecule has 0 amide bonds. The molecule has 0 aliphatic heterocycles. The van der Waals surface area contributed by atoms with E-state index in [4.69, 9.17) is 16.3 Å². The Bertz CT molecular complexity index is 651. The number of anilines is 1. The maximum atomic E-state index is 12.2. The van der Waals surface area contributed by atoms with Crippen molar-refractivity contribution in [3.63, 3.8) is 0 Å². The number of halogens is 2. The highest BCUT2D eigenvalue weighted by molar-refractivity contribution is 9.10. The van der Waals surface area contributed by atoms with Crippen LogP contribution in [0.3, 0.4) is 0 Å². The van der Waals surface area contributed by atoms with Gasteiger partial charge in [0.15, 0.2) is 5.54 Å². The van der Waals surface area contributed by atoms with Gasteiger partial charge in [0.1, 0.15) is 0 Å². The summed E-state index contributed by atoms with van der Waals surface area (Å²) in [6, 6.07) is 10.7. The van der Waals surface area contributed by atoms with Crippen LogP contribution in [0.4, 0.5) is 5.69 Å². The Hall–Kier alpha value is -1.59. The molecule has 2 rings (SSSR count). The maximum Gasteiger partial charge on any atom is 0.337 e. The third-order valence-corrected chi connectivity index (χ3v) is 4.30. The fraction of sp³-hybridized carbons (Fsp3) is 0.200. The number of benzene rings is 1. The van der Waals surface area contributed by atoms with Crippen LogP contribution in [0.2, 0.25) is 5.02 Å². The average molecular weight is 370 g/mol. The Balaban J connectivity index is 2.41. The van der Waals surface area contributed by atoms with E-state index in [9.17, 15) is 4.79 Å². The number of carbonyl (C=O) groups excluding carboxylic acids is 1. The number of esters is 1. The van der Waals surface area contributed by atoms with Crippen LogP contribution in [0.25, 0.3) is 0 Å². The van der Waals surface area contributed by atoms with Gasteiger partial charge in [0, 0.05) is 16.4 Å². The Kier molecular flexibility index (Phi) is 4.85. The SMILES string of the molecule is COC(=O)C(C)(Nc1ccc(Cl)c(Br)c1)c1ccccn1. The molecule has 0 bridgehead atoms. The van der Waals surface area contributed by atoms with E-state index in [-0.39, 0.29) is 0 Å². The van der Waals surface area contributed by atoms with Gasteiger partial charge in [-0.25, -0.2) is 4.79 Å². The Morgan fingerprint density at radius 3 is 2.71 bits per heavy atom. The highest BCUT2D eigenvalue weighted by atomic mass is 79.9. The zero-order valence-corrected chi connectivity index (χ0v) is 13.9. The molecule has 0 fully saturated rings. The average Bonchev–Trinajstić information content (AvgIpc) is 2.51. The van der Waals surface area contributed by atoms with Crippen LogP contribution in [0.1, 0.15) is 12.6 Å². The molecule has 1 aromatic carbocycles. The molecule has 2 aromatic rings. The van der Waals surface area contributed by atoms with E-state index in [0.29, 0.717) is 10.7 Å². The molecule has 110 valence electrons. The lowest BCUT2D eigenvalue weighted by Crippen LogP contribution is -2.42. The van der Waals surface area contributed by atoms with Crippen LogP contribution < -0.4 is 5.32 Å². The van der Waals surface area contributed by atoms with Crippen molar-refractivity contribution in [1.29, 1.82) is 0 Å². The van der Waals surface area contributed by atoms with Crippen LogP contribution in [0.5, 0.6) is 0 Å². The topological polar surface area (TPSA) is 51.2 Å². The van der Waals surface area contributed by atoms with Gasteiger partial charge < -0.3 is 10.1 Å². The van der Waals surface area contributed by atoms with Gasteiger partial charge in [0.25, 0.3) is 0 Å². The number of methoxy groups -OCH3 is 1. The molecule has 1 unspecified atom stereocenters. The number of nitrogens with zero attached hydrogens (tertiary/aromatic N) is 1. The number of carbonyl (C=O) groups is 1. The second kappa shape index (κ2) is 6.45. The minimum atomic E-state index is -1.09. The second-order valence-corrected chi connectivity index (χ2v) is 5.85. The largest absolute Gasteiger partial charge is 0.467 e. The normalized spacial score (nSPS) is 13.3. The van der Waals surface area contributed by atoms with Gasteiger partial charge in [-0.3, -0.25) is 4.98 Å². The van der Waals surface area contributed by atoms with Gasteiger partial charge in [-0.15, -0.1) is 0 Å². The summed E-state index contributed by atoms with van der Waals surface area (Å²) in [6.45, 7) is 1.73. The van der Waals surface area contributed by atoms with E-state index < -0.39 is 11.5 Å². The van der Waals surface area contributed by atoms with Crippen molar-refractivity contribution in [1.82, 2.24) is 4.98 Å². The van der Waals surface area contributed by atoms with Gasteiger partial charge in [0.05, 0.1) is 17.8 Å². The lowest BCUT2D eigenvalue weighted by atomic mass is 9.96. The zero-order valence-electron chi connectivity index (χ0n) is 11.6. The highest BCUT2D eigenvalue weighted by Gasteiger charge is 2.37. The third kappa shape index (κ3) is 3.36. The molecular weight excluding hydrogens is 356 g/mol. The van der Waals surface area contributed by atoms with Crippen molar-refractivity contribution < 1.29 is 9.53 Å². The van der Waals surface area contributed by atoms with Crippen LogP contribution in [0.15, 0.2) is 47.1 Å². The van der Waals surface area contributed by atoms with E-state index in [2.05, 4.69) is 26.2 Å². The molecule has 0 aliphatic carbocycles. The lowest BCUT2D eigenvalue weighted by molar-refractivity contribution is -0.145. The van der Waals surface area contributed by atoms with Crippen LogP contribution in [-0.2, 0) is 15.1 Å². The molecule has 1 N–H and O–H groups in total. The van der Waals surface area contributed by atoms with Gasteiger partial charge in [-0.2, -0.15) is 0 Å². The van der Waals surface area contributed by atoms with Gasteiger partial charge in [-0.05, 0) is 53.2 Å². The number of pyridine rings is 1. The molecule has 1 heterocycles. The first-order valence-corrected chi connectivity index (χ1v) is 7.37. The second-order valence-electron chi connectivity index (χ2n) is 4.59. The lowest BCUT2D eigenvalue weighted by Gasteiger charge is -2.28. The van der Waals surface area contributed by atoms with Crippen molar-refractivity contribution in [2.45, 2.75) is 12.5 Å². The summed E-state index contributed by atoms with van der Waals surface area (Å²) < 4.78 is 5.66. The number of hydrogen-bond acceptors (Lipinski definition) is 4. The summed E-state index contributed by atoms with van der Waals surface area (Å²) in [5.74, 6) is -0.424. The summed E-state index contributed by atoms with van der Waals surface area (Å²) >= 11 is 9.34. The highest BCUT2D eigenvalue weighted by Crippen LogP contribution is 2.30. The Morgan fingerprint density at radius 1 is 1.38 bits per heavy atom. The fourth-order valence-electron chi connectivity index (χ4n) is 1.94. The third-order valence-electron chi connectivity index (χ3n) is 3.08. The van der Waals surface area contributed by atoms with Crippen LogP contribution >= 0.6 is 27.5 Å². The minimum absolute atomic E-state index is 0.424. The smallest absolute Gasteiger partial charge is 0.337 e. The molecule has 21 heavy (non-hydrogen) atoms. The molecule has 1 atom stereocenters. The standard InChI is InChI=1S/C15H14BrClN2O2/c1-15(14(20)21-2,13-5-3-4-8-18-13)19-10-6-7-12(17)11(16)9-10/h3-9,19H,1-2H3. The van der Waals surface area contributed by atoms with E-state index in [1.807, 2.05) is 6.07 Å². The molecule has 1 aromatic heterocycles. The van der Waals surface area contributed by atoms with Gasteiger partial charge >= 0.3 is 5.97 Å². The number of hydrogen-bond donors (Lipinski definition) is 1. The molecule has 6 heteroatoms. The van der Waals surface area contributed by atoms with Crippen molar-refractivity contribution in [3.05, 3.63) is 57.8 Å². The summed E-state index contributed by atoms with van der Waals surface area (Å²) in [5, 5.41) is 3.76. The number of rotatable bonds is 4. The fourth-order valence-corrected chi connectivity index (χ4v) is 2.44. The van der Waals surface area contributed by atoms with Crippen LogP contribution in [-0.4, -0.2) is 18.1 Å². The van der Waals surface area contributed by atoms with E-state index >= 15 is 0 Å². The first-order valence-electron chi connectivity index (χ1n) is 6.20. The van der Waals surface area contributed by atoms with Crippen molar-refractivity contribution in [2.75, 3.05) is 12.4 Å². The molecule has 0 saturated heterocycles. The quantitative estimate of drug-likeness (QED) is 0.828. The van der Waals surface area contributed by atoms with E-state index in [0.717, 1.165) is 10.2 Å². The number of aromatic nitrogens is 1. The van der Waals surface area contributed by atoms with Crippen LogP contribution in [0, 0.1) is 0 Å². The van der Waals surface area contributed by atoms with Gasteiger partial charge in [0.2, 0.25) is 0 Å². The summed E-state index contributed by atoms with van der Waals surface area (Å²) in [5.41, 5.74) is 0.205.